The van der Waals surface area contributed by atoms with E-state index in [1.807, 2.05) is 13.8 Å². The zero-order chi connectivity index (χ0) is 13.8. The Hall–Kier alpha value is -1.13. The maximum Gasteiger partial charge on any atom is 0.251 e. The van der Waals surface area contributed by atoms with Crippen molar-refractivity contribution < 1.29 is 9.18 Å². The largest absolute Gasteiger partial charge is 0.350 e. The highest BCUT2D eigenvalue weighted by Gasteiger charge is 2.21. The van der Waals surface area contributed by atoms with Crippen LogP contribution >= 0.6 is 11.6 Å². The van der Waals surface area contributed by atoms with Crippen molar-refractivity contribution in [3.05, 3.63) is 34.6 Å². The first-order valence-corrected chi connectivity index (χ1v) is 6.32. The number of nitrogens with two attached hydrogens (primary N) is 1. The van der Waals surface area contributed by atoms with E-state index in [1.165, 1.54) is 18.2 Å². The second kappa shape index (κ2) is 6.16. The lowest BCUT2D eigenvalue weighted by Crippen LogP contribution is -2.49. The highest BCUT2D eigenvalue weighted by Crippen LogP contribution is 2.16. The molecule has 0 spiro atoms. The van der Waals surface area contributed by atoms with Crippen molar-refractivity contribution in [3.8, 4) is 0 Å². The van der Waals surface area contributed by atoms with Gasteiger partial charge >= 0.3 is 0 Å². The average Bonchev–Trinajstić information content (AvgIpc) is 2.38. The lowest BCUT2D eigenvalue weighted by Gasteiger charge is -2.26. The van der Waals surface area contributed by atoms with Crippen molar-refractivity contribution >= 4 is 17.5 Å². The van der Waals surface area contributed by atoms with E-state index in [2.05, 4.69) is 5.32 Å². The summed E-state index contributed by atoms with van der Waals surface area (Å²) in [6.45, 7) is 4.34. The number of carbonyl (C=O) groups excluding carboxylic acids is 1. The maximum absolute atomic E-state index is 13.0. The van der Waals surface area contributed by atoms with Gasteiger partial charge in [0, 0.05) is 17.6 Å². The molecule has 1 amide bonds. The molecule has 3 N–H and O–H groups in total. The van der Waals surface area contributed by atoms with E-state index >= 15 is 0 Å². The Bertz CT molecular complexity index is 433. The minimum absolute atomic E-state index is 0.0624. The molecule has 0 aromatic heterocycles. The zero-order valence-electron chi connectivity index (χ0n) is 10.6. The van der Waals surface area contributed by atoms with Crippen LogP contribution in [0.1, 0.15) is 37.0 Å². The monoisotopic (exact) mass is 272 g/mol. The topological polar surface area (TPSA) is 55.1 Å². The van der Waals surface area contributed by atoms with Crippen molar-refractivity contribution in [2.24, 2.45) is 5.73 Å². The summed E-state index contributed by atoms with van der Waals surface area (Å²) >= 11 is 5.62. The Morgan fingerprint density at radius 2 is 2.06 bits per heavy atom. The minimum atomic E-state index is -0.538. The molecule has 18 heavy (non-hydrogen) atoms. The van der Waals surface area contributed by atoms with Gasteiger partial charge in [0.05, 0.1) is 5.02 Å². The molecule has 0 unspecified atom stereocenters. The van der Waals surface area contributed by atoms with E-state index < -0.39 is 11.4 Å². The van der Waals surface area contributed by atoms with Gasteiger partial charge < -0.3 is 11.1 Å². The summed E-state index contributed by atoms with van der Waals surface area (Å²) in [4.78, 5) is 11.8. The molecule has 0 radical (unpaired) electrons. The third-order valence-electron chi connectivity index (χ3n) is 3.19. The lowest BCUT2D eigenvalue weighted by molar-refractivity contribution is 0.0942. The number of hydrogen-bond donors (Lipinski definition) is 2. The quantitative estimate of drug-likeness (QED) is 0.866. The van der Waals surface area contributed by atoms with Crippen molar-refractivity contribution in [1.29, 1.82) is 0 Å². The van der Waals surface area contributed by atoms with Crippen LogP contribution < -0.4 is 11.1 Å². The molecule has 1 aromatic carbocycles. The van der Waals surface area contributed by atoms with E-state index in [-0.39, 0.29) is 10.9 Å². The Balaban J connectivity index is 2.68. The molecule has 0 saturated carbocycles. The third kappa shape index (κ3) is 3.68. The summed E-state index contributed by atoms with van der Waals surface area (Å²) in [5, 5.41) is 2.68. The van der Waals surface area contributed by atoms with Gasteiger partial charge in [-0.25, -0.2) is 4.39 Å². The van der Waals surface area contributed by atoms with Crippen LogP contribution in [0, 0.1) is 5.82 Å². The van der Waals surface area contributed by atoms with Crippen molar-refractivity contribution in [2.45, 2.75) is 32.2 Å². The molecular formula is C13H18ClFN2O. The van der Waals surface area contributed by atoms with Crippen LogP contribution in [-0.2, 0) is 0 Å². The number of amides is 1. The summed E-state index contributed by atoms with van der Waals surface area (Å²) in [6, 6.07) is 3.88. The molecule has 0 bridgehead atoms. The molecule has 3 nitrogen and oxygen atoms in total. The predicted molar refractivity (Wildman–Crippen MR) is 71.2 cm³/mol. The third-order valence-corrected chi connectivity index (χ3v) is 3.48. The standard InChI is InChI=1S/C13H18ClFN2O/c1-3-13(16,4-2)8-17-12(18)9-5-6-11(15)10(14)7-9/h5-7H,3-4,8,16H2,1-2H3,(H,17,18). The molecule has 1 aromatic rings. The fourth-order valence-corrected chi connectivity index (χ4v) is 1.68. The first-order chi connectivity index (χ1) is 8.41. The second-order valence-corrected chi connectivity index (χ2v) is 4.79. The molecule has 1 rings (SSSR count). The molecule has 0 atom stereocenters. The Kier molecular flexibility index (Phi) is 5.11. The van der Waals surface area contributed by atoms with Gasteiger partial charge in [-0.2, -0.15) is 0 Å². The first-order valence-electron chi connectivity index (χ1n) is 5.94. The molecule has 100 valence electrons. The average molecular weight is 273 g/mol. The highest BCUT2D eigenvalue weighted by atomic mass is 35.5. The SMILES string of the molecule is CCC(N)(CC)CNC(=O)c1ccc(F)c(Cl)c1. The van der Waals surface area contributed by atoms with Crippen LogP contribution in [-0.4, -0.2) is 18.0 Å². The fraction of sp³-hybridized carbons (Fsp3) is 0.462. The van der Waals surface area contributed by atoms with E-state index in [9.17, 15) is 9.18 Å². The molecule has 0 aliphatic rings. The summed E-state index contributed by atoms with van der Waals surface area (Å²) in [5.41, 5.74) is 6.00. The molecule has 0 fully saturated rings. The molecule has 0 saturated heterocycles. The summed E-state index contributed by atoms with van der Waals surface area (Å²) in [6.07, 6.45) is 1.54. The van der Waals surface area contributed by atoms with Gasteiger partial charge in [-0.15, -0.1) is 0 Å². The lowest BCUT2D eigenvalue weighted by atomic mass is 9.94. The fourth-order valence-electron chi connectivity index (χ4n) is 1.50. The van der Waals surface area contributed by atoms with Gasteiger partial charge in [-0.3, -0.25) is 4.79 Å². The number of rotatable bonds is 5. The maximum atomic E-state index is 13.0. The smallest absolute Gasteiger partial charge is 0.251 e. The Morgan fingerprint density at radius 3 is 2.56 bits per heavy atom. The summed E-state index contributed by atoms with van der Waals surface area (Å²) in [5.74, 6) is -0.836. The van der Waals surface area contributed by atoms with Gasteiger partial charge in [-0.1, -0.05) is 25.4 Å². The number of halogens is 2. The van der Waals surface area contributed by atoms with Gasteiger partial charge in [0.15, 0.2) is 0 Å². The summed E-state index contributed by atoms with van der Waals surface area (Å²) in [7, 11) is 0. The molecular weight excluding hydrogens is 255 g/mol. The van der Waals surface area contributed by atoms with Crippen LogP contribution in [0.15, 0.2) is 18.2 Å². The number of carbonyl (C=O) groups is 1. The van der Waals surface area contributed by atoms with Crippen molar-refractivity contribution in [3.63, 3.8) is 0 Å². The van der Waals surface area contributed by atoms with Crippen LogP contribution in [0.5, 0.6) is 0 Å². The van der Waals surface area contributed by atoms with E-state index in [0.717, 1.165) is 12.8 Å². The second-order valence-electron chi connectivity index (χ2n) is 4.38. The zero-order valence-corrected chi connectivity index (χ0v) is 11.4. The van der Waals surface area contributed by atoms with E-state index in [4.69, 9.17) is 17.3 Å². The molecule has 0 aliphatic carbocycles. The van der Waals surface area contributed by atoms with Crippen LogP contribution in [0.4, 0.5) is 4.39 Å². The van der Waals surface area contributed by atoms with Gasteiger partial charge in [0.1, 0.15) is 5.82 Å². The van der Waals surface area contributed by atoms with Crippen LogP contribution in [0.3, 0.4) is 0 Å². The van der Waals surface area contributed by atoms with Crippen LogP contribution in [0.2, 0.25) is 5.02 Å². The Labute approximate surface area is 112 Å². The first kappa shape index (κ1) is 14.9. The molecule has 5 heteroatoms. The van der Waals surface area contributed by atoms with E-state index in [0.29, 0.717) is 12.1 Å². The highest BCUT2D eigenvalue weighted by molar-refractivity contribution is 6.31. The van der Waals surface area contributed by atoms with Gasteiger partial charge in [0.2, 0.25) is 0 Å². The number of nitrogens with one attached hydrogen (secondary N) is 1. The van der Waals surface area contributed by atoms with Crippen LogP contribution in [0.25, 0.3) is 0 Å². The molecule has 0 aliphatic heterocycles. The number of benzene rings is 1. The van der Waals surface area contributed by atoms with Gasteiger partial charge in [0.25, 0.3) is 5.91 Å². The van der Waals surface area contributed by atoms with E-state index in [1.54, 1.807) is 0 Å². The Morgan fingerprint density at radius 1 is 1.44 bits per heavy atom. The molecule has 0 heterocycles. The minimum Gasteiger partial charge on any atom is -0.350 e. The summed E-state index contributed by atoms with van der Waals surface area (Å²) < 4.78 is 13.0. The van der Waals surface area contributed by atoms with Gasteiger partial charge in [-0.05, 0) is 31.0 Å². The van der Waals surface area contributed by atoms with Crippen molar-refractivity contribution in [1.82, 2.24) is 5.32 Å². The van der Waals surface area contributed by atoms with Crippen molar-refractivity contribution in [2.75, 3.05) is 6.54 Å². The predicted octanol–water partition coefficient (Wildman–Crippen LogP) is 2.73. The number of hydrogen-bond acceptors (Lipinski definition) is 2. The normalized spacial score (nSPS) is 11.4.